The van der Waals surface area contributed by atoms with Crippen LogP contribution >= 0.6 is 0 Å². The average molecular weight is 319 g/mol. The van der Waals surface area contributed by atoms with E-state index >= 15 is 0 Å². The van der Waals surface area contributed by atoms with E-state index in [0.717, 1.165) is 41.3 Å². The molecule has 0 saturated heterocycles. The number of nitrogens with one attached hydrogen (secondary N) is 2. The van der Waals surface area contributed by atoms with Crippen LogP contribution in [0.2, 0.25) is 0 Å². The van der Waals surface area contributed by atoms with Crippen LogP contribution in [0.3, 0.4) is 0 Å². The summed E-state index contributed by atoms with van der Waals surface area (Å²) in [6.45, 7) is 4.08. The zero-order chi connectivity index (χ0) is 16.6. The second-order valence-electron chi connectivity index (χ2n) is 6.05. The van der Waals surface area contributed by atoms with Crippen LogP contribution < -0.4 is 10.6 Å². The first-order valence-corrected chi connectivity index (χ1v) is 8.78. The van der Waals surface area contributed by atoms with Crippen molar-refractivity contribution in [1.29, 1.82) is 0 Å². The van der Waals surface area contributed by atoms with Crippen molar-refractivity contribution in [3.8, 4) is 0 Å². The van der Waals surface area contributed by atoms with Gasteiger partial charge in [0.25, 0.3) is 0 Å². The molecule has 1 heterocycles. The topological polar surface area (TPSA) is 36.4 Å². The van der Waals surface area contributed by atoms with Gasteiger partial charge in [-0.1, -0.05) is 68.3 Å². The van der Waals surface area contributed by atoms with E-state index in [-0.39, 0.29) is 0 Å². The molecule has 3 rings (SSSR count). The molecule has 3 heteroatoms. The van der Waals surface area contributed by atoms with Crippen LogP contribution in [0.15, 0.2) is 71.5 Å². The van der Waals surface area contributed by atoms with Gasteiger partial charge in [-0.25, -0.2) is 0 Å². The first kappa shape index (κ1) is 16.5. The fourth-order valence-corrected chi connectivity index (χ4v) is 2.85. The fraction of sp³-hybridized carbons (Fsp3) is 0.286. The number of fused-ring (bicyclic) bond motifs is 1. The standard InChI is InChI=1S/C21H25N3/c1-2-3-9-14-22-15-18-16-23-21(17-10-5-4-6-11-17)19-12-7-8-13-20(19)24-18/h4-8,10-13,16,22,24H,2-3,9,14-15H2,1H3. The highest BCUT2D eigenvalue weighted by atomic mass is 15.0. The second kappa shape index (κ2) is 8.46. The van der Waals surface area contributed by atoms with Crippen LogP contribution in [0, 0.1) is 0 Å². The lowest BCUT2D eigenvalue weighted by Gasteiger charge is -2.13. The lowest BCUT2D eigenvalue weighted by Crippen LogP contribution is -2.21. The summed E-state index contributed by atoms with van der Waals surface area (Å²) in [4.78, 5) is 4.78. The van der Waals surface area contributed by atoms with Gasteiger partial charge >= 0.3 is 0 Å². The molecule has 24 heavy (non-hydrogen) atoms. The van der Waals surface area contributed by atoms with Crippen molar-refractivity contribution in [3.63, 3.8) is 0 Å². The van der Waals surface area contributed by atoms with Crippen molar-refractivity contribution in [2.45, 2.75) is 26.2 Å². The Bertz CT molecular complexity index is 717. The molecule has 0 radical (unpaired) electrons. The van der Waals surface area contributed by atoms with Gasteiger partial charge in [0.05, 0.1) is 5.71 Å². The largest absolute Gasteiger partial charge is 0.356 e. The van der Waals surface area contributed by atoms with Gasteiger partial charge in [-0.3, -0.25) is 4.99 Å². The molecule has 2 aromatic rings. The number of hydrogen-bond acceptors (Lipinski definition) is 3. The lowest BCUT2D eigenvalue weighted by atomic mass is 10.0. The molecular formula is C21H25N3. The van der Waals surface area contributed by atoms with Crippen molar-refractivity contribution in [2.24, 2.45) is 4.99 Å². The monoisotopic (exact) mass is 319 g/mol. The van der Waals surface area contributed by atoms with Gasteiger partial charge in [0.2, 0.25) is 0 Å². The third-order valence-corrected chi connectivity index (χ3v) is 4.15. The molecule has 0 aliphatic carbocycles. The maximum atomic E-state index is 4.78. The molecule has 2 N–H and O–H groups in total. The van der Waals surface area contributed by atoms with Crippen molar-refractivity contribution in [3.05, 3.63) is 77.6 Å². The Kier molecular flexibility index (Phi) is 5.80. The molecule has 0 spiro atoms. The predicted octanol–water partition coefficient (Wildman–Crippen LogP) is 4.57. The number of nitrogens with zero attached hydrogens (tertiary/aromatic N) is 1. The smallest absolute Gasteiger partial charge is 0.0795 e. The summed E-state index contributed by atoms with van der Waals surface area (Å²) in [5.74, 6) is 0. The normalized spacial score (nSPS) is 13.4. The Morgan fingerprint density at radius 3 is 2.58 bits per heavy atom. The first-order chi connectivity index (χ1) is 11.9. The molecule has 0 unspecified atom stereocenters. The summed E-state index contributed by atoms with van der Waals surface area (Å²) in [7, 11) is 0. The number of unbranched alkanes of at least 4 members (excludes halogenated alkanes) is 2. The van der Waals surface area contributed by atoms with Crippen LogP contribution in [0.5, 0.6) is 0 Å². The van der Waals surface area contributed by atoms with Gasteiger partial charge in [-0.15, -0.1) is 0 Å². The summed E-state index contributed by atoms with van der Waals surface area (Å²) in [5.41, 5.74) is 5.50. The Labute approximate surface area is 144 Å². The number of benzene rings is 2. The number of aliphatic imine (C=N–C) groups is 1. The van der Waals surface area contributed by atoms with Crippen LogP contribution in [0.25, 0.3) is 0 Å². The zero-order valence-electron chi connectivity index (χ0n) is 14.3. The summed E-state index contributed by atoms with van der Waals surface area (Å²) in [6.07, 6.45) is 5.70. The minimum Gasteiger partial charge on any atom is -0.356 e. The highest BCUT2D eigenvalue weighted by Crippen LogP contribution is 2.24. The molecule has 1 aliphatic heterocycles. The van der Waals surface area contributed by atoms with Gasteiger partial charge in [-0.2, -0.15) is 0 Å². The predicted molar refractivity (Wildman–Crippen MR) is 103 cm³/mol. The number of para-hydroxylation sites is 1. The van der Waals surface area contributed by atoms with Gasteiger partial charge in [0, 0.05) is 35.3 Å². The minimum atomic E-state index is 0.809. The number of rotatable bonds is 7. The quantitative estimate of drug-likeness (QED) is 0.733. The third-order valence-electron chi connectivity index (χ3n) is 4.15. The molecule has 1 aliphatic rings. The summed E-state index contributed by atoms with van der Waals surface area (Å²) < 4.78 is 0. The summed E-state index contributed by atoms with van der Waals surface area (Å²) >= 11 is 0. The number of hydrogen-bond donors (Lipinski definition) is 2. The van der Waals surface area contributed by atoms with Crippen molar-refractivity contribution in [2.75, 3.05) is 18.4 Å². The Balaban J connectivity index is 1.80. The summed E-state index contributed by atoms with van der Waals surface area (Å²) in [6, 6.07) is 18.7. The fourth-order valence-electron chi connectivity index (χ4n) is 2.85. The summed E-state index contributed by atoms with van der Waals surface area (Å²) in [5, 5.41) is 7.04. The van der Waals surface area contributed by atoms with Crippen molar-refractivity contribution >= 4 is 11.4 Å². The van der Waals surface area contributed by atoms with E-state index in [4.69, 9.17) is 4.99 Å². The molecule has 0 saturated carbocycles. The molecule has 0 aromatic heterocycles. The third kappa shape index (κ3) is 4.12. The zero-order valence-corrected chi connectivity index (χ0v) is 14.3. The molecule has 0 atom stereocenters. The Hall–Kier alpha value is -2.39. The Morgan fingerprint density at radius 2 is 1.75 bits per heavy atom. The van der Waals surface area contributed by atoms with Crippen LogP contribution in [-0.4, -0.2) is 18.8 Å². The Morgan fingerprint density at radius 1 is 0.958 bits per heavy atom. The maximum Gasteiger partial charge on any atom is 0.0795 e. The van der Waals surface area contributed by atoms with E-state index in [0.29, 0.717) is 0 Å². The lowest BCUT2D eigenvalue weighted by molar-refractivity contribution is 0.640. The number of anilines is 1. The molecular weight excluding hydrogens is 294 g/mol. The highest BCUT2D eigenvalue weighted by Gasteiger charge is 2.14. The first-order valence-electron chi connectivity index (χ1n) is 8.78. The van der Waals surface area contributed by atoms with Crippen molar-refractivity contribution < 1.29 is 0 Å². The molecule has 0 amide bonds. The molecule has 3 nitrogen and oxygen atoms in total. The highest BCUT2D eigenvalue weighted by molar-refractivity contribution is 6.16. The van der Waals surface area contributed by atoms with E-state index in [2.05, 4.69) is 66.1 Å². The molecule has 124 valence electrons. The van der Waals surface area contributed by atoms with E-state index in [1.165, 1.54) is 19.3 Å². The minimum absolute atomic E-state index is 0.809. The van der Waals surface area contributed by atoms with Gasteiger partial charge < -0.3 is 10.6 Å². The second-order valence-corrected chi connectivity index (χ2v) is 6.05. The van der Waals surface area contributed by atoms with Crippen LogP contribution in [0.1, 0.15) is 37.3 Å². The maximum absolute atomic E-state index is 4.78. The average Bonchev–Trinajstić information content (AvgIpc) is 2.81. The van der Waals surface area contributed by atoms with Crippen molar-refractivity contribution in [1.82, 2.24) is 5.32 Å². The van der Waals surface area contributed by atoms with E-state index in [1.807, 2.05) is 12.3 Å². The molecule has 0 bridgehead atoms. The van der Waals surface area contributed by atoms with E-state index < -0.39 is 0 Å². The van der Waals surface area contributed by atoms with E-state index in [1.54, 1.807) is 0 Å². The molecule has 0 fully saturated rings. The molecule has 2 aromatic carbocycles. The van der Waals surface area contributed by atoms with Gasteiger partial charge in [0.1, 0.15) is 0 Å². The van der Waals surface area contributed by atoms with E-state index in [9.17, 15) is 0 Å². The van der Waals surface area contributed by atoms with Gasteiger partial charge in [0.15, 0.2) is 0 Å². The van der Waals surface area contributed by atoms with Gasteiger partial charge in [-0.05, 0) is 19.0 Å². The van der Waals surface area contributed by atoms with Crippen LogP contribution in [0.4, 0.5) is 5.69 Å². The van der Waals surface area contributed by atoms with Crippen LogP contribution in [-0.2, 0) is 0 Å². The SMILES string of the molecule is CCCCCNCC1=CN=C(c2ccccc2)c2ccccc2N1.